The minimum atomic E-state index is -0.158. The maximum absolute atomic E-state index is 12.6. The van der Waals surface area contributed by atoms with Gasteiger partial charge in [0.05, 0.1) is 12.9 Å². The van der Waals surface area contributed by atoms with Crippen LogP contribution in [0, 0.1) is 6.92 Å². The molecule has 9 heteroatoms. The van der Waals surface area contributed by atoms with Gasteiger partial charge in [-0.15, -0.1) is 10.2 Å². The third kappa shape index (κ3) is 5.89. The molecule has 0 bridgehead atoms. The molecule has 0 aliphatic rings. The zero-order chi connectivity index (χ0) is 23.9. The molecule has 0 aliphatic carbocycles. The van der Waals surface area contributed by atoms with E-state index < -0.39 is 0 Å². The standard InChI is InChI=1S/C25H23ClN4O3S/c1-17-8-9-18(26)14-22(17)27-24(31)16-34-25-29-28-23(30(25)19-6-4-3-5-7-19)15-33-21-12-10-20(32-2)11-13-21/h3-14H,15-16H2,1-2H3,(H,27,31). The number of nitrogens with zero attached hydrogens (tertiary/aromatic N) is 3. The van der Waals surface area contributed by atoms with E-state index in [9.17, 15) is 4.79 Å². The first-order chi connectivity index (χ1) is 16.5. The predicted octanol–water partition coefficient (Wildman–Crippen LogP) is 5.55. The van der Waals surface area contributed by atoms with Gasteiger partial charge in [-0.05, 0) is 61.0 Å². The SMILES string of the molecule is COc1ccc(OCc2nnc(SCC(=O)Nc3cc(Cl)ccc3C)n2-c2ccccc2)cc1. The monoisotopic (exact) mass is 494 g/mol. The minimum Gasteiger partial charge on any atom is -0.497 e. The summed E-state index contributed by atoms with van der Waals surface area (Å²) in [6.07, 6.45) is 0. The molecule has 0 aliphatic heterocycles. The highest BCUT2D eigenvalue weighted by Crippen LogP contribution is 2.25. The second-order valence-corrected chi connectivity index (χ2v) is 8.71. The largest absolute Gasteiger partial charge is 0.497 e. The van der Waals surface area contributed by atoms with Crippen LogP contribution in [0.25, 0.3) is 5.69 Å². The Kier molecular flexibility index (Phi) is 7.72. The van der Waals surface area contributed by atoms with Gasteiger partial charge >= 0.3 is 0 Å². The summed E-state index contributed by atoms with van der Waals surface area (Å²) in [6, 6.07) is 22.5. The molecule has 0 saturated heterocycles. The lowest BCUT2D eigenvalue weighted by Crippen LogP contribution is -2.15. The molecule has 0 atom stereocenters. The highest BCUT2D eigenvalue weighted by molar-refractivity contribution is 7.99. The number of rotatable bonds is 9. The van der Waals surface area contributed by atoms with Crippen LogP contribution in [-0.2, 0) is 11.4 Å². The molecule has 7 nitrogen and oxygen atoms in total. The van der Waals surface area contributed by atoms with E-state index >= 15 is 0 Å². The number of thioether (sulfide) groups is 1. The van der Waals surface area contributed by atoms with Crippen molar-refractivity contribution in [3.63, 3.8) is 0 Å². The predicted molar refractivity (Wildman–Crippen MR) is 134 cm³/mol. The van der Waals surface area contributed by atoms with E-state index in [1.165, 1.54) is 11.8 Å². The van der Waals surface area contributed by atoms with Crippen molar-refractivity contribution in [2.24, 2.45) is 0 Å². The zero-order valence-electron chi connectivity index (χ0n) is 18.7. The van der Waals surface area contributed by atoms with E-state index in [-0.39, 0.29) is 18.3 Å². The number of methoxy groups -OCH3 is 1. The van der Waals surface area contributed by atoms with Crippen molar-refractivity contribution in [3.8, 4) is 17.2 Å². The quantitative estimate of drug-likeness (QED) is 0.307. The van der Waals surface area contributed by atoms with Gasteiger partial charge in [-0.3, -0.25) is 9.36 Å². The number of amides is 1. The van der Waals surface area contributed by atoms with E-state index in [1.807, 2.05) is 72.2 Å². The Hall–Kier alpha value is -3.49. The highest BCUT2D eigenvalue weighted by Gasteiger charge is 2.17. The number of aromatic nitrogens is 3. The van der Waals surface area contributed by atoms with Crippen LogP contribution in [0.1, 0.15) is 11.4 Å². The third-order valence-corrected chi connectivity index (χ3v) is 6.11. The first kappa shape index (κ1) is 23.7. The smallest absolute Gasteiger partial charge is 0.234 e. The van der Waals surface area contributed by atoms with Crippen LogP contribution >= 0.6 is 23.4 Å². The van der Waals surface area contributed by atoms with Crippen LogP contribution in [0.5, 0.6) is 11.5 Å². The third-order valence-electron chi connectivity index (χ3n) is 4.95. The number of halogens is 1. The molecule has 34 heavy (non-hydrogen) atoms. The average molecular weight is 495 g/mol. The molecule has 4 aromatic rings. The highest BCUT2D eigenvalue weighted by atomic mass is 35.5. The fourth-order valence-corrected chi connectivity index (χ4v) is 4.13. The van der Waals surface area contributed by atoms with Crippen molar-refractivity contribution in [1.29, 1.82) is 0 Å². The van der Waals surface area contributed by atoms with E-state index in [2.05, 4.69) is 15.5 Å². The van der Waals surface area contributed by atoms with Crippen molar-refractivity contribution >= 4 is 35.0 Å². The molecule has 3 aromatic carbocycles. The molecule has 0 radical (unpaired) electrons. The van der Waals surface area contributed by atoms with Crippen molar-refractivity contribution in [3.05, 3.63) is 89.2 Å². The molecule has 1 N–H and O–H groups in total. The van der Waals surface area contributed by atoms with Gasteiger partial charge in [0, 0.05) is 16.4 Å². The molecule has 0 fully saturated rings. The lowest BCUT2D eigenvalue weighted by molar-refractivity contribution is -0.113. The fraction of sp³-hybridized carbons (Fsp3) is 0.160. The van der Waals surface area contributed by atoms with Crippen LogP contribution in [0.2, 0.25) is 5.02 Å². The van der Waals surface area contributed by atoms with E-state index in [1.54, 1.807) is 19.2 Å². The molecule has 0 unspecified atom stereocenters. The number of carbonyl (C=O) groups is 1. The van der Waals surface area contributed by atoms with Crippen molar-refractivity contribution in [1.82, 2.24) is 14.8 Å². The van der Waals surface area contributed by atoms with Crippen LogP contribution in [0.3, 0.4) is 0 Å². The number of aryl methyl sites for hydroxylation is 1. The van der Waals surface area contributed by atoms with Gasteiger partial charge in [-0.25, -0.2) is 0 Å². The van der Waals surface area contributed by atoms with Crippen molar-refractivity contribution in [2.75, 3.05) is 18.2 Å². The Bertz CT molecular complexity index is 1260. The van der Waals surface area contributed by atoms with E-state index in [4.69, 9.17) is 21.1 Å². The van der Waals surface area contributed by atoms with Crippen LogP contribution < -0.4 is 14.8 Å². The van der Waals surface area contributed by atoms with Crippen LogP contribution in [0.4, 0.5) is 5.69 Å². The number of benzene rings is 3. The first-order valence-corrected chi connectivity index (χ1v) is 11.8. The summed E-state index contributed by atoms with van der Waals surface area (Å²) in [6.45, 7) is 2.13. The molecule has 1 aromatic heterocycles. The van der Waals surface area contributed by atoms with Crippen LogP contribution in [-0.4, -0.2) is 33.5 Å². The van der Waals surface area contributed by atoms with Gasteiger partial charge in [0.1, 0.15) is 18.1 Å². The fourth-order valence-electron chi connectivity index (χ4n) is 3.19. The Balaban J connectivity index is 1.48. The molecule has 174 valence electrons. The lowest BCUT2D eigenvalue weighted by atomic mass is 10.2. The summed E-state index contributed by atoms with van der Waals surface area (Å²) in [5.41, 5.74) is 2.51. The number of para-hydroxylation sites is 1. The summed E-state index contributed by atoms with van der Waals surface area (Å²) >= 11 is 7.36. The number of ether oxygens (including phenoxy) is 2. The molecule has 0 spiro atoms. The summed E-state index contributed by atoms with van der Waals surface area (Å²) in [7, 11) is 1.62. The maximum atomic E-state index is 12.6. The number of anilines is 1. The first-order valence-electron chi connectivity index (χ1n) is 10.5. The molecule has 4 rings (SSSR count). The minimum absolute atomic E-state index is 0.158. The van der Waals surface area contributed by atoms with Crippen LogP contribution in [0.15, 0.2) is 78.0 Å². The Labute approximate surface area is 207 Å². The van der Waals surface area contributed by atoms with E-state index in [0.717, 1.165) is 17.0 Å². The summed E-state index contributed by atoms with van der Waals surface area (Å²) in [5, 5.41) is 12.7. The normalized spacial score (nSPS) is 10.7. The van der Waals surface area contributed by atoms with Gasteiger partial charge < -0.3 is 14.8 Å². The Morgan fingerprint density at radius 1 is 1.03 bits per heavy atom. The van der Waals surface area contributed by atoms with Crippen molar-refractivity contribution < 1.29 is 14.3 Å². The zero-order valence-corrected chi connectivity index (χ0v) is 20.3. The Morgan fingerprint density at radius 3 is 2.50 bits per heavy atom. The second-order valence-electron chi connectivity index (χ2n) is 7.33. The van der Waals surface area contributed by atoms with Gasteiger partial charge in [0.15, 0.2) is 11.0 Å². The van der Waals surface area contributed by atoms with Crippen molar-refractivity contribution in [2.45, 2.75) is 18.7 Å². The average Bonchev–Trinajstić information content (AvgIpc) is 3.27. The maximum Gasteiger partial charge on any atom is 0.234 e. The Morgan fingerprint density at radius 2 is 1.76 bits per heavy atom. The summed E-state index contributed by atoms with van der Waals surface area (Å²) in [5.74, 6) is 2.07. The molecular weight excluding hydrogens is 472 g/mol. The lowest BCUT2D eigenvalue weighted by Gasteiger charge is -2.12. The summed E-state index contributed by atoms with van der Waals surface area (Å²) < 4.78 is 13.0. The van der Waals surface area contributed by atoms with Gasteiger partial charge in [-0.2, -0.15) is 0 Å². The number of hydrogen-bond acceptors (Lipinski definition) is 6. The van der Waals surface area contributed by atoms with Gasteiger partial charge in [0.25, 0.3) is 0 Å². The van der Waals surface area contributed by atoms with Gasteiger partial charge in [0.2, 0.25) is 5.91 Å². The van der Waals surface area contributed by atoms with E-state index in [0.29, 0.717) is 27.4 Å². The number of nitrogens with one attached hydrogen (secondary N) is 1. The topological polar surface area (TPSA) is 78.3 Å². The molecule has 0 saturated carbocycles. The van der Waals surface area contributed by atoms with Gasteiger partial charge in [-0.1, -0.05) is 47.6 Å². The number of carbonyl (C=O) groups excluding carboxylic acids is 1. The number of hydrogen-bond donors (Lipinski definition) is 1. The molecular formula is C25H23ClN4O3S. The molecule has 1 amide bonds. The molecule has 1 heterocycles. The summed E-state index contributed by atoms with van der Waals surface area (Å²) in [4.78, 5) is 12.6. The second kappa shape index (κ2) is 11.1.